The average molecular weight is 799 g/mol. The molecule has 0 bridgehead atoms. The van der Waals surface area contributed by atoms with E-state index in [0.29, 0.717) is 23.9 Å². The number of hydrogen-bond acceptors (Lipinski definition) is 6. The minimum Gasteiger partial charge on any atom is -0.756 e. The number of phosphoric ester groups is 1. The predicted molar refractivity (Wildman–Crippen MR) is 233 cm³/mol. The van der Waals surface area contributed by atoms with Crippen LogP contribution in [0.4, 0.5) is 0 Å². The molecular weight excluding hydrogens is 707 g/mol. The summed E-state index contributed by atoms with van der Waals surface area (Å²) >= 11 is 0. The Hall–Kier alpha value is -1.02. The van der Waals surface area contributed by atoms with Gasteiger partial charge in [-0.2, -0.15) is 0 Å². The van der Waals surface area contributed by atoms with Crippen LogP contribution in [-0.4, -0.2) is 68.5 Å². The van der Waals surface area contributed by atoms with Crippen LogP contribution in [0.15, 0.2) is 24.3 Å². The van der Waals surface area contributed by atoms with E-state index in [0.717, 1.165) is 44.9 Å². The van der Waals surface area contributed by atoms with Gasteiger partial charge in [0.15, 0.2) is 0 Å². The summed E-state index contributed by atoms with van der Waals surface area (Å²) in [5.74, 6) is -0.176. The standard InChI is InChI=1S/C46H91N2O6P/c1-6-8-10-12-14-16-18-20-21-22-23-24-25-26-27-28-30-32-34-36-38-40-46(50)47-44(43-54-55(51,52)53-42-41-48(3,4)5)45(49)39-37-35-33-31-29-19-17-15-13-11-9-7-2/h20-21,29,31,44-45,49H,6-19,22-28,30,32-43H2,1-5H3,(H-,47,50,51,52)/b21-20+,31-29+/t44-,45+/m0/s1. The normalized spacial score (nSPS) is 14.5. The molecule has 55 heavy (non-hydrogen) atoms. The molecule has 1 amide bonds. The predicted octanol–water partition coefficient (Wildman–Crippen LogP) is 12.3. The number of aliphatic hydroxyl groups is 1. The first-order chi connectivity index (χ1) is 26.5. The van der Waals surface area contributed by atoms with Crippen LogP contribution in [-0.2, 0) is 18.4 Å². The van der Waals surface area contributed by atoms with E-state index in [2.05, 4.69) is 43.5 Å². The fourth-order valence-corrected chi connectivity index (χ4v) is 7.40. The fraction of sp³-hybridized carbons (Fsp3) is 0.891. The second-order valence-electron chi connectivity index (χ2n) is 17.1. The Morgan fingerprint density at radius 3 is 1.42 bits per heavy atom. The molecule has 326 valence electrons. The summed E-state index contributed by atoms with van der Waals surface area (Å²) < 4.78 is 23.2. The summed E-state index contributed by atoms with van der Waals surface area (Å²) in [4.78, 5) is 25.3. The molecule has 0 saturated carbocycles. The zero-order chi connectivity index (χ0) is 40.7. The average Bonchev–Trinajstić information content (AvgIpc) is 3.13. The maximum Gasteiger partial charge on any atom is 0.268 e. The van der Waals surface area contributed by atoms with Gasteiger partial charge < -0.3 is 28.8 Å². The molecule has 2 N–H and O–H groups in total. The number of nitrogens with one attached hydrogen (secondary N) is 1. The molecule has 0 rings (SSSR count). The molecule has 0 aromatic heterocycles. The highest BCUT2D eigenvalue weighted by Crippen LogP contribution is 2.38. The van der Waals surface area contributed by atoms with Crippen LogP contribution in [0.3, 0.4) is 0 Å². The van der Waals surface area contributed by atoms with E-state index >= 15 is 0 Å². The summed E-state index contributed by atoms with van der Waals surface area (Å²) in [5, 5.41) is 13.9. The highest BCUT2D eigenvalue weighted by atomic mass is 31.2. The van der Waals surface area contributed by atoms with Gasteiger partial charge in [-0.25, -0.2) is 0 Å². The Balaban J connectivity index is 4.27. The number of likely N-dealkylation sites (N-methyl/N-ethyl adjacent to an activating group) is 1. The molecule has 0 aromatic rings. The molecule has 0 aromatic carbocycles. The van der Waals surface area contributed by atoms with E-state index in [1.807, 2.05) is 21.1 Å². The number of quaternary nitrogens is 1. The number of hydrogen-bond donors (Lipinski definition) is 2. The summed E-state index contributed by atoms with van der Waals surface area (Å²) in [5.41, 5.74) is 0. The maximum absolute atomic E-state index is 12.9. The van der Waals surface area contributed by atoms with Crippen molar-refractivity contribution < 1.29 is 32.9 Å². The Morgan fingerprint density at radius 1 is 0.618 bits per heavy atom. The molecule has 8 nitrogen and oxygen atoms in total. The van der Waals surface area contributed by atoms with Crippen molar-refractivity contribution in [1.82, 2.24) is 5.32 Å². The number of phosphoric acid groups is 1. The van der Waals surface area contributed by atoms with Gasteiger partial charge in [-0.15, -0.1) is 0 Å². The van der Waals surface area contributed by atoms with Crippen molar-refractivity contribution in [1.29, 1.82) is 0 Å². The summed E-state index contributed by atoms with van der Waals surface area (Å²) in [6, 6.07) is -0.814. The number of nitrogens with zero attached hydrogens (tertiary/aromatic N) is 1. The molecule has 0 radical (unpaired) electrons. The van der Waals surface area contributed by atoms with Crippen molar-refractivity contribution in [3.8, 4) is 0 Å². The number of amides is 1. The molecule has 1 unspecified atom stereocenters. The lowest BCUT2D eigenvalue weighted by atomic mass is 10.0. The Morgan fingerprint density at radius 2 is 1.00 bits per heavy atom. The number of unbranched alkanes of at least 4 members (excludes halogenated alkanes) is 25. The first-order valence-corrected chi connectivity index (χ1v) is 24.6. The molecule has 3 atom stereocenters. The second kappa shape index (κ2) is 38.5. The Kier molecular flexibility index (Phi) is 37.8. The van der Waals surface area contributed by atoms with Gasteiger partial charge in [-0.1, -0.05) is 167 Å². The molecule has 0 aliphatic heterocycles. The fourth-order valence-electron chi connectivity index (χ4n) is 6.68. The SMILES string of the molecule is CCCCCCCC/C=C/CCCCCCCCCCCCCC(=O)N[C@@H](COP(=O)([O-])OCC[N+](C)(C)C)[C@H](O)CCCC/C=C/CCCCCCCC. The van der Waals surface area contributed by atoms with Crippen molar-refractivity contribution >= 4 is 13.7 Å². The lowest BCUT2D eigenvalue weighted by Crippen LogP contribution is -2.46. The van der Waals surface area contributed by atoms with E-state index in [-0.39, 0.29) is 19.1 Å². The quantitative estimate of drug-likeness (QED) is 0.0276. The minimum atomic E-state index is -4.57. The summed E-state index contributed by atoms with van der Waals surface area (Å²) in [6.45, 7) is 4.68. The first-order valence-electron chi connectivity index (χ1n) is 23.2. The second-order valence-corrected chi connectivity index (χ2v) is 18.5. The van der Waals surface area contributed by atoms with Gasteiger partial charge in [0.05, 0.1) is 39.9 Å². The Labute approximate surface area is 341 Å². The van der Waals surface area contributed by atoms with Gasteiger partial charge in [0.1, 0.15) is 13.2 Å². The third-order valence-corrected chi connectivity index (χ3v) is 11.4. The van der Waals surface area contributed by atoms with E-state index in [1.165, 1.54) is 141 Å². The van der Waals surface area contributed by atoms with Gasteiger partial charge in [0, 0.05) is 6.42 Å². The highest BCUT2D eigenvalue weighted by Gasteiger charge is 2.24. The minimum absolute atomic E-state index is 0.00765. The number of carbonyl (C=O) groups excluding carboxylic acids is 1. The molecule has 0 fully saturated rings. The summed E-state index contributed by atoms with van der Waals surface area (Å²) in [6.07, 6.45) is 44.7. The van der Waals surface area contributed by atoms with Crippen LogP contribution in [0.2, 0.25) is 0 Å². The monoisotopic (exact) mass is 799 g/mol. The first kappa shape index (κ1) is 54.0. The topological polar surface area (TPSA) is 108 Å². The number of allylic oxidation sites excluding steroid dienone is 4. The van der Waals surface area contributed by atoms with Gasteiger partial charge >= 0.3 is 0 Å². The van der Waals surface area contributed by atoms with Crippen LogP contribution >= 0.6 is 7.82 Å². The van der Waals surface area contributed by atoms with Gasteiger partial charge in [-0.3, -0.25) is 9.36 Å². The maximum atomic E-state index is 12.9. The number of rotatable bonds is 42. The van der Waals surface area contributed by atoms with E-state index < -0.39 is 20.0 Å². The zero-order valence-electron chi connectivity index (χ0n) is 36.9. The van der Waals surface area contributed by atoms with Crippen molar-refractivity contribution in [2.45, 2.75) is 225 Å². The van der Waals surface area contributed by atoms with Crippen molar-refractivity contribution in [3.05, 3.63) is 24.3 Å². The van der Waals surface area contributed by atoms with Gasteiger partial charge in [0.2, 0.25) is 5.91 Å². The van der Waals surface area contributed by atoms with Crippen LogP contribution < -0.4 is 10.2 Å². The van der Waals surface area contributed by atoms with Crippen LogP contribution in [0.5, 0.6) is 0 Å². The number of aliphatic hydroxyl groups excluding tert-OH is 1. The van der Waals surface area contributed by atoms with E-state index in [9.17, 15) is 19.4 Å². The molecule has 0 heterocycles. The molecule has 0 aliphatic carbocycles. The molecule has 0 saturated heterocycles. The zero-order valence-corrected chi connectivity index (χ0v) is 37.8. The highest BCUT2D eigenvalue weighted by molar-refractivity contribution is 7.45. The third kappa shape index (κ3) is 41.0. The lowest BCUT2D eigenvalue weighted by molar-refractivity contribution is -0.870. The van der Waals surface area contributed by atoms with Crippen molar-refractivity contribution in [2.75, 3.05) is 40.9 Å². The Bertz CT molecular complexity index is 953. The van der Waals surface area contributed by atoms with Crippen LogP contribution in [0.25, 0.3) is 0 Å². The van der Waals surface area contributed by atoms with E-state index in [1.54, 1.807) is 0 Å². The lowest BCUT2D eigenvalue weighted by Gasteiger charge is -2.30. The van der Waals surface area contributed by atoms with E-state index in [4.69, 9.17) is 9.05 Å². The number of carbonyl (C=O) groups is 1. The van der Waals surface area contributed by atoms with Gasteiger partial charge in [0.25, 0.3) is 7.82 Å². The van der Waals surface area contributed by atoms with Gasteiger partial charge in [-0.05, 0) is 64.2 Å². The molecule has 0 spiro atoms. The smallest absolute Gasteiger partial charge is 0.268 e. The molecule has 0 aliphatic rings. The van der Waals surface area contributed by atoms with Crippen LogP contribution in [0.1, 0.15) is 213 Å². The van der Waals surface area contributed by atoms with Crippen LogP contribution in [0, 0.1) is 0 Å². The summed E-state index contributed by atoms with van der Waals surface area (Å²) in [7, 11) is 1.29. The van der Waals surface area contributed by atoms with Crippen molar-refractivity contribution in [3.63, 3.8) is 0 Å². The third-order valence-electron chi connectivity index (χ3n) is 10.4. The molecular formula is C46H91N2O6P. The molecule has 9 heteroatoms. The van der Waals surface area contributed by atoms with Crippen molar-refractivity contribution in [2.24, 2.45) is 0 Å². The largest absolute Gasteiger partial charge is 0.756 e.